The second kappa shape index (κ2) is 8.52. The van der Waals surface area contributed by atoms with Crippen LogP contribution in [0.5, 0.6) is 0 Å². The van der Waals surface area contributed by atoms with Crippen LogP contribution in [-0.2, 0) is 13.1 Å². The van der Waals surface area contributed by atoms with Crippen molar-refractivity contribution in [1.29, 1.82) is 0 Å². The first-order valence-corrected chi connectivity index (χ1v) is 8.22. The topological polar surface area (TPSA) is 110 Å². The zero-order valence-electron chi connectivity index (χ0n) is 14.3. The summed E-state index contributed by atoms with van der Waals surface area (Å²) in [5.41, 5.74) is 2.14. The van der Waals surface area contributed by atoms with E-state index in [9.17, 15) is 14.9 Å². The number of nitro benzene ring substituents is 1. The third-order valence-corrected chi connectivity index (χ3v) is 3.84. The van der Waals surface area contributed by atoms with E-state index < -0.39 is 4.92 Å². The van der Waals surface area contributed by atoms with Gasteiger partial charge in [-0.2, -0.15) is 0 Å². The summed E-state index contributed by atoms with van der Waals surface area (Å²) in [6, 6.07) is 11.6. The van der Waals surface area contributed by atoms with Gasteiger partial charge in [-0.15, -0.1) is 0 Å². The molecular formula is C19H17N5O3. The van der Waals surface area contributed by atoms with E-state index in [0.717, 1.165) is 11.1 Å². The fraction of sp³-hybridized carbons (Fsp3) is 0.105. The summed E-state index contributed by atoms with van der Waals surface area (Å²) >= 11 is 0. The van der Waals surface area contributed by atoms with Gasteiger partial charge in [0.2, 0.25) is 0 Å². The maximum atomic E-state index is 12.3. The Kier molecular flexibility index (Phi) is 5.68. The zero-order valence-corrected chi connectivity index (χ0v) is 14.3. The zero-order chi connectivity index (χ0) is 19.1. The minimum Gasteiger partial charge on any atom is -0.375 e. The lowest BCUT2D eigenvalue weighted by Crippen LogP contribution is -2.23. The first kappa shape index (κ1) is 18.0. The van der Waals surface area contributed by atoms with Crippen molar-refractivity contribution in [2.45, 2.75) is 13.1 Å². The first-order valence-electron chi connectivity index (χ1n) is 8.22. The highest BCUT2D eigenvalue weighted by Crippen LogP contribution is 2.26. The molecule has 8 heteroatoms. The second-order valence-corrected chi connectivity index (χ2v) is 5.75. The fourth-order valence-corrected chi connectivity index (χ4v) is 2.46. The van der Waals surface area contributed by atoms with Crippen LogP contribution in [0.1, 0.15) is 21.5 Å². The van der Waals surface area contributed by atoms with Gasteiger partial charge in [-0.05, 0) is 35.4 Å². The van der Waals surface area contributed by atoms with Gasteiger partial charge < -0.3 is 10.6 Å². The summed E-state index contributed by atoms with van der Waals surface area (Å²) in [5.74, 6) is -0.388. The van der Waals surface area contributed by atoms with Crippen molar-refractivity contribution in [3.05, 3.63) is 94.1 Å². The minimum absolute atomic E-state index is 0.159. The number of nitrogens with one attached hydrogen (secondary N) is 2. The highest BCUT2D eigenvalue weighted by molar-refractivity contribution is 5.95. The number of carbonyl (C=O) groups excluding carboxylic acids is 1. The van der Waals surface area contributed by atoms with Crippen molar-refractivity contribution in [3.63, 3.8) is 0 Å². The third-order valence-electron chi connectivity index (χ3n) is 3.84. The number of hydrogen-bond donors (Lipinski definition) is 2. The number of hydrogen-bond acceptors (Lipinski definition) is 6. The average molecular weight is 363 g/mol. The maximum absolute atomic E-state index is 12.3. The SMILES string of the molecule is O=C(NCc1cccnc1)c1ccc(NCc2cccnc2)c([N+](=O)[O-])c1. The van der Waals surface area contributed by atoms with Gasteiger partial charge in [0.25, 0.3) is 11.6 Å². The van der Waals surface area contributed by atoms with E-state index in [1.165, 1.54) is 12.1 Å². The molecule has 27 heavy (non-hydrogen) atoms. The number of benzene rings is 1. The van der Waals surface area contributed by atoms with E-state index in [4.69, 9.17) is 0 Å². The molecule has 1 aromatic carbocycles. The number of nitro groups is 1. The molecule has 0 bridgehead atoms. The highest BCUT2D eigenvalue weighted by atomic mass is 16.6. The number of anilines is 1. The van der Waals surface area contributed by atoms with E-state index in [-0.39, 0.29) is 17.2 Å². The van der Waals surface area contributed by atoms with Crippen LogP contribution in [0, 0.1) is 10.1 Å². The lowest BCUT2D eigenvalue weighted by Gasteiger charge is -2.09. The molecule has 0 saturated heterocycles. The summed E-state index contributed by atoms with van der Waals surface area (Å²) in [7, 11) is 0. The molecule has 3 rings (SSSR count). The molecule has 2 heterocycles. The lowest BCUT2D eigenvalue weighted by molar-refractivity contribution is -0.384. The van der Waals surface area contributed by atoms with Crippen molar-refractivity contribution in [2.75, 3.05) is 5.32 Å². The van der Waals surface area contributed by atoms with Gasteiger partial charge in [0.1, 0.15) is 5.69 Å². The Balaban J connectivity index is 1.70. The number of nitrogens with zero attached hydrogens (tertiary/aromatic N) is 3. The third kappa shape index (κ3) is 4.85. The number of carbonyl (C=O) groups is 1. The van der Waals surface area contributed by atoms with Gasteiger partial charge in [-0.25, -0.2) is 0 Å². The van der Waals surface area contributed by atoms with Crippen LogP contribution in [0.25, 0.3) is 0 Å². The van der Waals surface area contributed by atoms with E-state index in [2.05, 4.69) is 20.6 Å². The molecule has 0 aliphatic heterocycles. The number of aromatic nitrogens is 2. The van der Waals surface area contributed by atoms with E-state index in [1.807, 2.05) is 12.1 Å². The first-order chi connectivity index (χ1) is 13.1. The van der Waals surface area contributed by atoms with Crippen molar-refractivity contribution in [1.82, 2.24) is 15.3 Å². The van der Waals surface area contributed by atoms with Crippen molar-refractivity contribution in [3.8, 4) is 0 Å². The molecule has 8 nitrogen and oxygen atoms in total. The predicted octanol–water partition coefficient (Wildman–Crippen LogP) is 2.93. The standard InChI is InChI=1S/C19H17N5O3/c25-19(23-13-15-4-2-8-21-11-15)16-5-6-17(18(9-16)24(26)27)22-12-14-3-1-7-20-10-14/h1-11,22H,12-13H2,(H,23,25). The molecule has 3 aromatic rings. The van der Waals surface area contributed by atoms with E-state index in [0.29, 0.717) is 18.8 Å². The molecule has 1 amide bonds. The lowest BCUT2D eigenvalue weighted by atomic mass is 10.1. The van der Waals surface area contributed by atoms with Gasteiger partial charge in [-0.1, -0.05) is 12.1 Å². The predicted molar refractivity (Wildman–Crippen MR) is 100 cm³/mol. The largest absolute Gasteiger partial charge is 0.375 e. The molecule has 136 valence electrons. The van der Waals surface area contributed by atoms with Crippen molar-refractivity contribution >= 4 is 17.3 Å². The molecule has 0 aliphatic rings. The summed E-state index contributed by atoms with van der Waals surface area (Å²) in [6.45, 7) is 0.683. The smallest absolute Gasteiger partial charge is 0.293 e. The van der Waals surface area contributed by atoms with E-state index in [1.54, 1.807) is 43.0 Å². The van der Waals surface area contributed by atoms with Gasteiger partial charge in [0.05, 0.1) is 4.92 Å². The molecule has 0 spiro atoms. The van der Waals surface area contributed by atoms with Gasteiger partial charge in [0.15, 0.2) is 0 Å². The van der Waals surface area contributed by atoms with Crippen LogP contribution in [0.15, 0.2) is 67.3 Å². The number of rotatable bonds is 7. The molecular weight excluding hydrogens is 346 g/mol. The van der Waals surface area contributed by atoms with Crippen LogP contribution in [-0.4, -0.2) is 20.8 Å². The van der Waals surface area contributed by atoms with E-state index >= 15 is 0 Å². The maximum Gasteiger partial charge on any atom is 0.293 e. The monoisotopic (exact) mass is 363 g/mol. The Morgan fingerprint density at radius 2 is 1.67 bits per heavy atom. The number of amides is 1. The van der Waals surface area contributed by atoms with Crippen molar-refractivity contribution < 1.29 is 9.72 Å². The van der Waals surface area contributed by atoms with Crippen LogP contribution in [0.4, 0.5) is 11.4 Å². The highest BCUT2D eigenvalue weighted by Gasteiger charge is 2.17. The number of pyridine rings is 2. The molecule has 0 atom stereocenters. The second-order valence-electron chi connectivity index (χ2n) is 5.75. The summed E-state index contributed by atoms with van der Waals surface area (Å²) in [5, 5.41) is 17.1. The fourth-order valence-electron chi connectivity index (χ4n) is 2.46. The Bertz CT molecular complexity index is 933. The summed E-state index contributed by atoms with van der Waals surface area (Å²) in [4.78, 5) is 31.2. The summed E-state index contributed by atoms with van der Waals surface area (Å²) < 4.78 is 0. The van der Waals surface area contributed by atoms with Crippen LogP contribution >= 0.6 is 0 Å². The van der Waals surface area contributed by atoms with Crippen LogP contribution in [0.2, 0.25) is 0 Å². The van der Waals surface area contributed by atoms with Gasteiger partial charge >= 0.3 is 0 Å². The minimum atomic E-state index is -0.510. The van der Waals surface area contributed by atoms with Crippen LogP contribution < -0.4 is 10.6 Å². The Labute approximate surface area is 155 Å². The Hall–Kier alpha value is -3.81. The Morgan fingerprint density at radius 1 is 1.00 bits per heavy atom. The molecule has 2 N–H and O–H groups in total. The summed E-state index contributed by atoms with van der Waals surface area (Å²) in [6.07, 6.45) is 6.63. The normalized spacial score (nSPS) is 10.2. The molecule has 0 unspecified atom stereocenters. The van der Waals surface area contributed by atoms with Crippen LogP contribution in [0.3, 0.4) is 0 Å². The molecule has 0 aliphatic carbocycles. The van der Waals surface area contributed by atoms with Gasteiger partial charge in [-0.3, -0.25) is 24.9 Å². The molecule has 0 saturated carbocycles. The molecule has 0 radical (unpaired) electrons. The molecule has 2 aromatic heterocycles. The Morgan fingerprint density at radius 3 is 2.26 bits per heavy atom. The average Bonchev–Trinajstić information content (AvgIpc) is 2.72. The van der Waals surface area contributed by atoms with Gasteiger partial charge in [0, 0.05) is 49.5 Å². The van der Waals surface area contributed by atoms with Crippen molar-refractivity contribution in [2.24, 2.45) is 0 Å². The quantitative estimate of drug-likeness (QED) is 0.493. The molecule has 0 fully saturated rings.